The summed E-state index contributed by atoms with van der Waals surface area (Å²) in [5.41, 5.74) is 2.62. The van der Waals surface area contributed by atoms with Crippen molar-refractivity contribution in [3.63, 3.8) is 0 Å². The lowest BCUT2D eigenvalue weighted by Crippen LogP contribution is -2.29. The van der Waals surface area contributed by atoms with Gasteiger partial charge in [0.1, 0.15) is 12.1 Å². The average molecular weight is 247 g/mol. The van der Waals surface area contributed by atoms with Crippen LogP contribution < -0.4 is 5.32 Å². The lowest BCUT2D eigenvalue weighted by molar-refractivity contribution is 0.0903. The Labute approximate surface area is 108 Å². The number of rotatable bonds is 2. The van der Waals surface area contributed by atoms with Gasteiger partial charge in [0.15, 0.2) is 0 Å². The molecule has 0 spiro atoms. The van der Waals surface area contributed by atoms with Crippen molar-refractivity contribution in [1.29, 1.82) is 0 Å². The highest BCUT2D eigenvalue weighted by molar-refractivity contribution is 5.47. The lowest BCUT2D eigenvalue weighted by Gasteiger charge is -2.25. The van der Waals surface area contributed by atoms with E-state index in [2.05, 4.69) is 15.3 Å². The van der Waals surface area contributed by atoms with Crippen LogP contribution in [-0.4, -0.2) is 29.2 Å². The van der Waals surface area contributed by atoms with Crippen LogP contribution >= 0.6 is 0 Å². The fraction of sp³-hybridized carbons (Fsp3) is 0.714. The monoisotopic (exact) mass is 247 g/mol. The summed E-state index contributed by atoms with van der Waals surface area (Å²) in [6.07, 6.45) is 9.96. The number of fused-ring (bicyclic) bond motifs is 1. The van der Waals surface area contributed by atoms with Crippen LogP contribution in [0.2, 0.25) is 0 Å². The molecular formula is C14H21N3O. The molecule has 0 radical (unpaired) electrons. The Balaban J connectivity index is 1.78. The first-order valence-corrected chi connectivity index (χ1v) is 7.10. The van der Waals surface area contributed by atoms with Gasteiger partial charge in [0.25, 0.3) is 0 Å². The molecule has 18 heavy (non-hydrogen) atoms. The van der Waals surface area contributed by atoms with Crippen molar-refractivity contribution in [2.45, 2.75) is 51.0 Å². The molecule has 0 atom stereocenters. The highest BCUT2D eigenvalue weighted by Gasteiger charge is 2.18. The number of anilines is 1. The first-order chi connectivity index (χ1) is 8.93. The topological polar surface area (TPSA) is 47.0 Å². The number of nitrogens with zero attached hydrogens (tertiary/aromatic N) is 2. The minimum Gasteiger partial charge on any atom is -0.381 e. The Hall–Kier alpha value is -1.16. The first-order valence-electron chi connectivity index (χ1n) is 7.10. The van der Waals surface area contributed by atoms with Crippen LogP contribution in [0.3, 0.4) is 0 Å². The van der Waals surface area contributed by atoms with Crippen LogP contribution in [0, 0.1) is 0 Å². The zero-order chi connectivity index (χ0) is 12.2. The van der Waals surface area contributed by atoms with Crippen LogP contribution in [0.5, 0.6) is 0 Å². The molecular weight excluding hydrogens is 226 g/mol. The van der Waals surface area contributed by atoms with Crippen molar-refractivity contribution < 1.29 is 4.74 Å². The molecule has 0 saturated carbocycles. The Morgan fingerprint density at radius 2 is 1.89 bits per heavy atom. The minimum absolute atomic E-state index is 0.515. The molecule has 1 saturated heterocycles. The largest absolute Gasteiger partial charge is 0.381 e. The van der Waals surface area contributed by atoms with Gasteiger partial charge in [-0.1, -0.05) is 6.42 Å². The SMILES string of the molecule is c1nc2c(c(NC3CCOCC3)n1)CCCCC2. The fourth-order valence-corrected chi connectivity index (χ4v) is 2.86. The number of hydrogen-bond acceptors (Lipinski definition) is 4. The molecule has 0 aromatic carbocycles. The van der Waals surface area contributed by atoms with E-state index in [4.69, 9.17) is 4.74 Å². The van der Waals surface area contributed by atoms with Gasteiger partial charge in [0, 0.05) is 30.5 Å². The van der Waals surface area contributed by atoms with E-state index in [-0.39, 0.29) is 0 Å². The number of aromatic nitrogens is 2. The van der Waals surface area contributed by atoms with Crippen molar-refractivity contribution in [3.8, 4) is 0 Å². The smallest absolute Gasteiger partial charge is 0.133 e. The Morgan fingerprint density at radius 3 is 2.78 bits per heavy atom. The summed E-state index contributed by atoms with van der Waals surface area (Å²) in [4.78, 5) is 8.92. The minimum atomic E-state index is 0.515. The third kappa shape index (κ3) is 2.64. The van der Waals surface area contributed by atoms with Gasteiger partial charge in [0.2, 0.25) is 0 Å². The van der Waals surface area contributed by atoms with Crippen molar-refractivity contribution in [2.75, 3.05) is 18.5 Å². The van der Waals surface area contributed by atoms with E-state index in [0.717, 1.165) is 44.7 Å². The molecule has 4 heteroatoms. The molecule has 0 bridgehead atoms. The summed E-state index contributed by atoms with van der Waals surface area (Å²) >= 11 is 0. The highest BCUT2D eigenvalue weighted by Crippen LogP contribution is 2.25. The Morgan fingerprint density at radius 1 is 1.06 bits per heavy atom. The van der Waals surface area contributed by atoms with Gasteiger partial charge in [-0.05, 0) is 38.5 Å². The maximum atomic E-state index is 5.40. The summed E-state index contributed by atoms with van der Waals surface area (Å²) in [7, 11) is 0. The van der Waals surface area contributed by atoms with E-state index in [1.807, 2.05) is 0 Å². The third-order valence-electron chi connectivity index (χ3n) is 3.94. The summed E-state index contributed by atoms with van der Waals surface area (Å²) in [6.45, 7) is 1.73. The van der Waals surface area contributed by atoms with Gasteiger partial charge >= 0.3 is 0 Å². The molecule has 1 aromatic heterocycles. The van der Waals surface area contributed by atoms with E-state index in [1.165, 1.54) is 30.5 Å². The maximum absolute atomic E-state index is 5.40. The summed E-state index contributed by atoms with van der Waals surface area (Å²) in [5, 5.41) is 3.61. The van der Waals surface area contributed by atoms with E-state index in [0.29, 0.717) is 6.04 Å². The standard InChI is InChI=1S/C14H21N3O/c1-2-4-12-13(5-3-1)15-10-16-14(12)17-11-6-8-18-9-7-11/h10-11H,1-9H2,(H,15,16,17). The lowest BCUT2D eigenvalue weighted by atomic mass is 10.1. The molecule has 3 rings (SSSR count). The van der Waals surface area contributed by atoms with E-state index in [1.54, 1.807) is 6.33 Å². The van der Waals surface area contributed by atoms with Crippen LogP contribution in [0.4, 0.5) is 5.82 Å². The fourth-order valence-electron chi connectivity index (χ4n) is 2.86. The molecule has 1 N–H and O–H groups in total. The highest BCUT2D eigenvalue weighted by atomic mass is 16.5. The molecule has 2 heterocycles. The first kappa shape index (κ1) is 11.9. The summed E-state index contributed by atoms with van der Waals surface area (Å²) < 4.78 is 5.40. The van der Waals surface area contributed by atoms with E-state index < -0.39 is 0 Å². The molecule has 0 unspecified atom stereocenters. The van der Waals surface area contributed by atoms with Gasteiger partial charge in [-0.2, -0.15) is 0 Å². The second-order valence-electron chi connectivity index (χ2n) is 5.24. The van der Waals surface area contributed by atoms with Crippen molar-refractivity contribution >= 4 is 5.82 Å². The normalized spacial score (nSPS) is 21.1. The zero-order valence-corrected chi connectivity index (χ0v) is 10.8. The quantitative estimate of drug-likeness (QED) is 0.815. The number of ether oxygens (including phenoxy) is 1. The summed E-state index contributed by atoms with van der Waals surface area (Å²) in [6, 6.07) is 0.515. The molecule has 1 aliphatic carbocycles. The number of nitrogens with one attached hydrogen (secondary N) is 1. The van der Waals surface area contributed by atoms with Gasteiger partial charge in [-0.25, -0.2) is 9.97 Å². The van der Waals surface area contributed by atoms with Crippen molar-refractivity contribution in [1.82, 2.24) is 9.97 Å². The van der Waals surface area contributed by atoms with Crippen molar-refractivity contribution in [3.05, 3.63) is 17.6 Å². The molecule has 2 aliphatic rings. The average Bonchev–Trinajstić information content (AvgIpc) is 2.66. The van der Waals surface area contributed by atoms with Gasteiger partial charge < -0.3 is 10.1 Å². The van der Waals surface area contributed by atoms with Crippen LogP contribution in [-0.2, 0) is 17.6 Å². The van der Waals surface area contributed by atoms with Crippen molar-refractivity contribution in [2.24, 2.45) is 0 Å². The van der Waals surface area contributed by atoms with Crippen LogP contribution in [0.25, 0.3) is 0 Å². The molecule has 4 nitrogen and oxygen atoms in total. The van der Waals surface area contributed by atoms with Crippen LogP contribution in [0.1, 0.15) is 43.4 Å². The third-order valence-corrected chi connectivity index (χ3v) is 3.94. The summed E-state index contributed by atoms with van der Waals surface area (Å²) in [5.74, 6) is 1.08. The second-order valence-corrected chi connectivity index (χ2v) is 5.24. The molecule has 1 aromatic rings. The maximum Gasteiger partial charge on any atom is 0.133 e. The molecule has 1 aliphatic heterocycles. The van der Waals surface area contributed by atoms with E-state index in [9.17, 15) is 0 Å². The second kappa shape index (κ2) is 5.65. The predicted octanol–water partition coefficient (Wildman–Crippen LogP) is 2.34. The molecule has 98 valence electrons. The Kier molecular flexibility index (Phi) is 3.74. The molecule has 0 amide bonds. The zero-order valence-electron chi connectivity index (χ0n) is 10.8. The van der Waals surface area contributed by atoms with Gasteiger partial charge in [0.05, 0.1) is 0 Å². The number of aryl methyl sites for hydroxylation is 1. The van der Waals surface area contributed by atoms with Gasteiger partial charge in [-0.3, -0.25) is 0 Å². The van der Waals surface area contributed by atoms with E-state index >= 15 is 0 Å². The predicted molar refractivity (Wildman–Crippen MR) is 70.8 cm³/mol. The number of hydrogen-bond donors (Lipinski definition) is 1. The van der Waals surface area contributed by atoms with Gasteiger partial charge in [-0.15, -0.1) is 0 Å². The Bertz CT molecular complexity index is 402. The molecule has 1 fully saturated rings. The van der Waals surface area contributed by atoms with Crippen LogP contribution in [0.15, 0.2) is 6.33 Å².